The second kappa shape index (κ2) is 7.41. The van der Waals surface area contributed by atoms with Crippen molar-refractivity contribution in [1.29, 1.82) is 0 Å². The van der Waals surface area contributed by atoms with E-state index in [1.807, 2.05) is 4.57 Å². The van der Waals surface area contributed by atoms with Crippen molar-refractivity contribution in [2.75, 3.05) is 0 Å². The highest BCUT2D eigenvalue weighted by Gasteiger charge is 2.45. The summed E-state index contributed by atoms with van der Waals surface area (Å²) in [6, 6.07) is 2.98. The number of benzene rings is 1. The van der Waals surface area contributed by atoms with Gasteiger partial charge in [-0.15, -0.1) is 0 Å². The normalized spacial score (nSPS) is 21.9. The number of amides is 1. The Bertz CT molecular complexity index is 1560. The van der Waals surface area contributed by atoms with Gasteiger partial charge < -0.3 is 19.7 Å². The molecule has 180 valence electrons. The number of cyclic esters (lactones) is 1. The molecule has 3 aromatic rings. The molecule has 0 unspecified atom stereocenters. The molecule has 0 fully saturated rings. The number of carbonyl (C=O) groups excluding carboxylic acids is 2. The number of carbonyl (C=O) groups is 2. The van der Waals surface area contributed by atoms with Crippen LogP contribution in [-0.2, 0) is 39.5 Å². The Hall–Kier alpha value is -3.17. The van der Waals surface area contributed by atoms with Crippen LogP contribution in [0.3, 0.4) is 0 Å². The maximum absolute atomic E-state index is 14.9. The van der Waals surface area contributed by atoms with Gasteiger partial charge in [-0.2, -0.15) is 0 Å². The number of ether oxygens (including phenoxy) is 1. The molecule has 1 amide bonds. The Morgan fingerprint density at radius 3 is 2.86 bits per heavy atom. The molecule has 2 atom stereocenters. The zero-order valence-corrected chi connectivity index (χ0v) is 20.4. The predicted molar refractivity (Wildman–Crippen MR) is 129 cm³/mol. The zero-order chi connectivity index (χ0) is 24.8. The fourth-order valence-electron chi connectivity index (χ4n) is 5.94. The summed E-state index contributed by atoms with van der Waals surface area (Å²) in [5, 5.41) is 15.1. The van der Waals surface area contributed by atoms with Gasteiger partial charge >= 0.3 is 5.97 Å². The Kier molecular flexibility index (Phi) is 4.72. The highest BCUT2D eigenvalue weighted by molar-refractivity contribution is 7.71. The molecule has 4 heterocycles. The molecule has 7 nitrogen and oxygen atoms in total. The highest BCUT2D eigenvalue weighted by atomic mass is 32.1. The number of fused-ring (bicyclic) bond motifs is 5. The van der Waals surface area contributed by atoms with E-state index >= 15 is 0 Å². The molecule has 2 N–H and O–H groups in total. The largest absolute Gasteiger partial charge is 0.458 e. The van der Waals surface area contributed by atoms with E-state index in [0.717, 1.165) is 22.1 Å². The number of pyridine rings is 2. The van der Waals surface area contributed by atoms with Crippen molar-refractivity contribution in [3.05, 3.63) is 56.0 Å². The number of hydrogen-bond donors (Lipinski definition) is 2. The number of aryl methyl sites for hydroxylation is 1. The van der Waals surface area contributed by atoms with E-state index < -0.39 is 11.6 Å². The Morgan fingerprint density at radius 1 is 1.37 bits per heavy atom. The molecule has 0 spiro atoms. The van der Waals surface area contributed by atoms with Crippen LogP contribution in [0, 0.1) is 17.4 Å². The molecular weight excluding hydrogens is 469 g/mol. The zero-order valence-electron chi connectivity index (χ0n) is 19.6. The van der Waals surface area contributed by atoms with Crippen LogP contribution in [0.5, 0.6) is 0 Å². The van der Waals surface area contributed by atoms with Crippen LogP contribution in [0.2, 0.25) is 0 Å². The second-order valence-corrected chi connectivity index (χ2v) is 9.99. The quantitative estimate of drug-likeness (QED) is 0.324. The van der Waals surface area contributed by atoms with Crippen molar-refractivity contribution >= 4 is 35.0 Å². The van der Waals surface area contributed by atoms with E-state index in [1.165, 1.54) is 13.0 Å². The third kappa shape index (κ3) is 2.91. The lowest BCUT2D eigenvalue weighted by Gasteiger charge is -2.32. The van der Waals surface area contributed by atoms with Crippen LogP contribution in [0.4, 0.5) is 4.39 Å². The summed E-state index contributed by atoms with van der Waals surface area (Å²) in [5.41, 5.74) is 4.46. The number of aliphatic hydroxyl groups is 1. The maximum Gasteiger partial charge on any atom is 0.343 e. The first-order valence-electron chi connectivity index (χ1n) is 11.7. The van der Waals surface area contributed by atoms with Gasteiger partial charge in [0.15, 0.2) is 5.60 Å². The van der Waals surface area contributed by atoms with Crippen LogP contribution < -0.4 is 5.32 Å². The molecule has 0 radical (unpaired) electrons. The molecule has 6 rings (SSSR count). The number of halogens is 1. The topological polar surface area (TPSA) is 93.4 Å². The molecule has 2 aliphatic heterocycles. The van der Waals surface area contributed by atoms with Gasteiger partial charge in [0.25, 0.3) is 0 Å². The van der Waals surface area contributed by atoms with E-state index in [0.29, 0.717) is 57.6 Å². The van der Waals surface area contributed by atoms with Gasteiger partial charge in [-0.1, -0.05) is 19.1 Å². The number of rotatable bonds is 2. The molecule has 0 saturated heterocycles. The summed E-state index contributed by atoms with van der Waals surface area (Å²) < 4.78 is 22.5. The monoisotopic (exact) mass is 493 g/mol. The van der Waals surface area contributed by atoms with Crippen molar-refractivity contribution < 1.29 is 23.8 Å². The Morgan fingerprint density at radius 2 is 2.14 bits per heavy atom. The van der Waals surface area contributed by atoms with Crippen molar-refractivity contribution in [3.8, 4) is 11.4 Å². The minimum Gasteiger partial charge on any atom is -0.458 e. The number of nitrogens with zero attached hydrogens (tertiary/aromatic N) is 2. The lowest BCUT2D eigenvalue weighted by Crippen LogP contribution is -2.41. The smallest absolute Gasteiger partial charge is 0.343 e. The molecular formula is C26H24FN3O4S. The van der Waals surface area contributed by atoms with Crippen molar-refractivity contribution in [1.82, 2.24) is 14.9 Å². The number of nitrogens with one attached hydrogen (secondary N) is 1. The van der Waals surface area contributed by atoms with Crippen LogP contribution in [-0.4, -0.2) is 26.5 Å². The van der Waals surface area contributed by atoms with E-state index in [-0.39, 0.29) is 30.8 Å². The van der Waals surface area contributed by atoms with Gasteiger partial charge in [0.05, 0.1) is 29.5 Å². The Labute approximate surface area is 205 Å². The first kappa shape index (κ1) is 22.3. The first-order valence-corrected chi connectivity index (χ1v) is 12.1. The van der Waals surface area contributed by atoms with Crippen molar-refractivity contribution in [3.63, 3.8) is 0 Å². The van der Waals surface area contributed by atoms with Crippen LogP contribution in [0.1, 0.15) is 66.1 Å². The van der Waals surface area contributed by atoms with Gasteiger partial charge in [-0.3, -0.25) is 4.79 Å². The summed E-state index contributed by atoms with van der Waals surface area (Å²) in [6.45, 7) is 5.41. The third-order valence-corrected chi connectivity index (χ3v) is 8.22. The molecule has 35 heavy (non-hydrogen) atoms. The lowest BCUT2D eigenvalue weighted by molar-refractivity contribution is -0.172. The molecule has 1 aromatic carbocycles. The van der Waals surface area contributed by atoms with Gasteiger partial charge in [-0.25, -0.2) is 14.2 Å². The summed E-state index contributed by atoms with van der Waals surface area (Å²) in [7, 11) is 0. The van der Waals surface area contributed by atoms with E-state index in [9.17, 15) is 19.1 Å². The van der Waals surface area contributed by atoms with Crippen LogP contribution in [0.25, 0.3) is 22.3 Å². The molecule has 0 saturated carbocycles. The SMILES string of the molecule is CC[C@@]1(O)C(=O)OCc2c1cc1n(c2=S)Cc2c-1nc1cc(F)c(C)c3c1c2[C@@H](NC(C)=O)CC3. The standard InChI is InChI=1S/C26H24FN3O4S/c1-4-26(33)16-7-20-23-14(9-30(20)24(35)15(16)10-34-25(26)32)22-18(28-12(3)31)6-5-13-11(2)17(27)8-19(29-23)21(13)22/h7-8,18,33H,4-6,9-10H2,1-3H3,(H,28,31)/t18-,26-/m0/s1. The van der Waals surface area contributed by atoms with Crippen molar-refractivity contribution in [2.45, 2.75) is 64.8 Å². The minimum atomic E-state index is -1.79. The summed E-state index contributed by atoms with van der Waals surface area (Å²) in [6.07, 6.45) is 1.43. The Balaban J connectivity index is 1.68. The number of esters is 1. The van der Waals surface area contributed by atoms with Crippen molar-refractivity contribution in [2.24, 2.45) is 0 Å². The van der Waals surface area contributed by atoms with E-state index in [4.69, 9.17) is 21.9 Å². The second-order valence-electron chi connectivity index (χ2n) is 9.60. The summed E-state index contributed by atoms with van der Waals surface area (Å²) in [5.74, 6) is -1.14. The molecule has 2 aromatic heterocycles. The van der Waals surface area contributed by atoms with E-state index in [1.54, 1.807) is 19.9 Å². The van der Waals surface area contributed by atoms with Crippen LogP contribution >= 0.6 is 12.2 Å². The molecule has 3 aliphatic rings. The van der Waals surface area contributed by atoms with Gasteiger partial charge in [0.2, 0.25) is 5.91 Å². The highest BCUT2D eigenvalue weighted by Crippen LogP contribution is 2.47. The van der Waals surface area contributed by atoms with Gasteiger partial charge in [0, 0.05) is 35.1 Å². The maximum atomic E-state index is 14.9. The summed E-state index contributed by atoms with van der Waals surface area (Å²) in [4.78, 5) is 29.4. The van der Waals surface area contributed by atoms with Crippen LogP contribution in [0.15, 0.2) is 12.1 Å². The predicted octanol–water partition coefficient (Wildman–Crippen LogP) is 4.02. The minimum absolute atomic E-state index is 0.00271. The third-order valence-electron chi connectivity index (χ3n) is 7.76. The average Bonchev–Trinajstić information content (AvgIpc) is 3.19. The van der Waals surface area contributed by atoms with Gasteiger partial charge in [-0.05, 0) is 48.9 Å². The summed E-state index contributed by atoms with van der Waals surface area (Å²) >= 11 is 5.81. The van der Waals surface area contributed by atoms with E-state index in [2.05, 4.69) is 5.32 Å². The van der Waals surface area contributed by atoms with Gasteiger partial charge in [0.1, 0.15) is 17.1 Å². The lowest BCUT2D eigenvalue weighted by atomic mass is 9.81. The molecule has 9 heteroatoms. The fraction of sp³-hybridized carbons (Fsp3) is 0.385. The first-order chi connectivity index (χ1) is 16.7. The molecule has 1 aliphatic carbocycles. The number of hydrogen-bond acceptors (Lipinski definition) is 6. The average molecular weight is 494 g/mol. The number of aromatic nitrogens is 2. The fourth-order valence-corrected chi connectivity index (χ4v) is 6.28. The molecule has 0 bridgehead atoms.